The molecule has 0 spiro atoms. The molecule has 0 aliphatic carbocycles. The third-order valence-corrected chi connectivity index (χ3v) is 15.7. The molecule has 0 unspecified atom stereocenters. The third kappa shape index (κ3) is 36.2. The lowest BCUT2D eigenvalue weighted by Gasteiger charge is -2.22. The largest absolute Gasteiger partial charge is 0.469 e. The van der Waals surface area contributed by atoms with Gasteiger partial charge >= 0.3 is 48.1 Å². The smallest absolute Gasteiger partial charge is 0.408 e. The number of hydrogen-bond donors (Lipinski definition) is 6. The van der Waals surface area contributed by atoms with Crippen molar-refractivity contribution in [3.63, 3.8) is 0 Å². The molecule has 8 aromatic rings. The number of ketones is 1. The SMILES string of the molecule is COC(=O)C(C)(C)NC(=O)OCc1ccc(NC(=O)Cc2ccc(F)cc2)cc1.COC(=O)CCCC(=O)OCc1ccc(CC(=O)Cc2ccc(F)cc2)cc1.COC(=O)[C@@H](C)NC(=O)OCc1ccc(NC(=O)Cc2ccc(F)cc2)cc1.COC(=O)[C@H](C)NC(=O)OCc1ccc(NC(=O)Cc2ccc(F)cc2)cc1. The number of halogens is 4. The molecule has 0 aromatic heterocycles. The fourth-order valence-electron chi connectivity index (χ4n) is 9.57. The zero-order valence-corrected chi connectivity index (χ0v) is 63.3. The van der Waals surface area contributed by atoms with Crippen LogP contribution >= 0.6 is 0 Å². The first-order valence-corrected chi connectivity index (χ1v) is 34.9. The van der Waals surface area contributed by atoms with Gasteiger partial charge in [0.25, 0.3) is 0 Å². The quantitative estimate of drug-likeness (QED) is 0.0133. The summed E-state index contributed by atoms with van der Waals surface area (Å²) in [6, 6.07) is 49.0. The van der Waals surface area contributed by atoms with Crippen molar-refractivity contribution in [1.82, 2.24) is 16.0 Å². The first-order chi connectivity index (χ1) is 53.9. The van der Waals surface area contributed by atoms with E-state index in [-0.39, 0.29) is 130 Å². The van der Waals surface area contributed by atoms with Crippen LogP contribution in [0.3, 0.4) is 0 Å². The Hall–Kier alpha value is -13.3. The van der Waals surface area contributed by atoms with Crippen LogP contribution in [0.1, 0.15) is 97.0 Å². The minimum absolute atomic E-state index is 0.00350. The Bertz CT molecular complexity index is 4300. The molecule has 6 amide bonds. The molecule has 2 atom stereocenters. The van der Waals surface area contributed by atoms with Crippen molar-refractivity contribution in [3.05, 3.63) is 267 Å². The summed E-state index contributed by atoms with van der Waals surface area (Å²) in [4.78, 5) is 140. The number of nitrogens with one attached hydrogen (secondary N) is 6. The molecule has 8 aromatic carbocycles. The highest BCUT2D eigenvalue weighted by atomic mass is 19.1. The molecule has 0 radical (unpaired) electrons. The Labute approximate surface area is 649 Å². The van der Waals surface area contributed by atoms with E-state index >= 15 is 0 Å². The van der Waals surface area contributed by atoms with Gasteiger partial charge in [0, 0.05) is 42.7 Å². The molecule has 0 heterocycles. The number of ether oxygens (including phenoxy) is 8. The molecular weight excluding hydrogens is 1480 g/mol. The van der Waals surface area contributed by atoms with Crippen LogP contribution in [0, 0.1) is 23.3 Å². The molecule has 0 aliphatic rings. The molecule has 6 N–H and O–H groups in total. The van der Waals surface area contributed by atoms with E-state index in [1.165, 1.54) is 105 Å². The van der Waals surface area contributed by atoms with Crippen LogP contribution in [-0.4, -0.2) is 118 Å². The normalized spacial score (nSPS) is 10.9. The van der Waals surface area contributed by atoms with Crippen LogP contribution in [-0.2, 0) is 140 Å². The summed E-state index contributed by atoms with van der Waals surface area (Å²) >= 11 is 0. The summed E-state index contributed by atoms with van der Waals surface area (Å²) in [6.07, 6.45) is -0.579. The molecule has 0 saturated heterocycles. The number of benzene rings is 8. The number of methoxy groups -OCH3 is 4. The number of anilines is 3. The predicted octanol–water partition coefficient (Wildman–Crippen LogP) is 12.3. The lowest BCUT2D eigenvalue weighted by Crippen LogP contribution is -2.50. The van der Waals surface area contributed by atoms with Crippen molar-refractivity contribution in [2.45, 2.75) is 123 Å². The monoisotopic (exact) mass is 1560 g/mol. The maximum absolute atomic E-state index is 12.9. The van der Waals surface area contributed by atoms with Gasteiger partial charge in [0.05, 0.1) is 47.7 Å². The second-order valence-corrected chi connectivity index (χ2v) is 25.3. The molecule has 0 saturated carbocycles. The van der Waals surface area contributed by atoms with E-state index in [1.807, 2.05) is 24.3 Å². The number of Topliss-reactive ketones (excluding diaryl/α,β-unsaturated/α-hetero) is 1. The number of carbonyl (C=O) groups is 12. The summed E-state index contributed by atoms with van der Waals surface area (Å²) in [5.74, 6) is -4.48. The first kappa shape index (κ1) is 90.3. The summed E-state index contributed by atoms with van der Waals surface area (Å²) in [5, 5.41) is 15.3. The molecule has 8 rings (SSSR count). The van der Waals surface area contributed by atoms with E-state index in [9.17, 15) is 75.1 Å². The van der Waals surface area contributed by atoms with Crippen LogP contribution in [0.15, 0.2) is 194 Å². The van der Waals surface area contributed by atoms with Gasteiger partial charge < -0.3 is 69.8 Å². The Morgan fingerprint density at radius 1 is 0.327 bits per heavy atom. The Kier molecular flexibility index (Phi) is 38.1. The zero-order chi connectivity index (χ0) is 82.8. The fourth-order valence-corrected chi connectivity index (χ4v) is 9.57. The average Bonchev–Trinajstić information content (AvgIpc) is 0.856. The van der Waals surface area contributed by atoms with Gasteiger partial charge in [-0.15, -0.1) is 0 Å². The minimum Gasteiger partial charge on any atom is -0.469 e. The van der Waals surface area contributed by atoms with Crippen molar-refractivity contribution in [2.75, 3.05) is 44.4 Å². The summed E-state index contributed by atoms with van der Waals surface area (Å²) < 4.78 is 90.0. The van der Waals surface area contributed by atoms with Gasteiger partial charge in [-0.05, 0) is 169 Å². The van der Waals surface area contributed by atoms with Crippen molar-refractivity contribution < 1.29 is 113 Å². The second-order valence-electron chi connectivity index (χ2n) is 25.3. The van der Waals surface area contributed by atoms with Gasteiger partial charge in [-0.3, -0.25) is 28.8 Å². The minimum atomic E-state index is -1.20. The molecule has 598 valence electrons. The molecule has 0 bridgehead atoms. The van der Waals surface area contributed by atoms with Crippen molar-refractivity contribution in [1.29, 1.82) is 0 Å². The Balaban J connectivity index is 0.000000269. The van der Waals surface area contributed by atoms with Gasteiger partial charge in [0.15, 0.2) is 0 Å². The van der Waals surface area contributed by atoms with Gasteiger partial charge in [0.2, 0.25) is 17.7 Å². The molecule has 113 heavy (non-hydrogen) atoms. The number of amides is 6. The summed E-state index contributed by atoms with van der Waals surface area (Å²) in [5.41, 5.74) is 7.23. The van der Waals surface area contributed by atoms with Crippen LogP contribution in [0.4, 0.5) is 49.0 Å². The average molecular weight is 1570 g/mol. The topological polar surface area (TPSA) is 351 Å². The van der Waals surface area contributed by atoms with Crippen molar-refractivity contribution in [2.24, 2.45) is 0 Å². The Morgan fingerprint density at radius 2 is 0.593 bits per heavy atom. The van der Waals surface area contributed by atoms with Crippen LogP contribution in [0.5, 0.6) is 0 Å². The number of hydrogen-bond acceptors (Lipinski definition) is 20. The lowest BCUT2D eigenvalue weighted by molar-refractivity contribution is -0.147. The van der Waals surface area contributed by atoms with E-state index in [0.717, 1.165) is 16.7 Å². The third-order valence-electron chi connectivity index (χ3n) is 15.7. The highest BCUT2D eigenvalue weighted by molar-refractivity contribution is 5.94. The van der Waals surface area contributed by atoms with E-state index < -0.39 is 53.8 Å². The number of carbonyl (C=O) groups excluding carboxylic acids is 12. The lowest BCUT2D eigenvalue weighted by atomic mass is 10.0. The van der Waals surface area contributed by atoms with Crippen LogP contribution < -0.4 is 31.9 Å². The van der Waals surface area contributed by atoms with Crippen LogP contribution in [0.2, 0.25) is 0 Å². The predicted molar refractivity (Wildman–Crippen MR) is 405 cm³/mol. The highest BCUT2D eigenvalue weighted by Gasteiger charge is 2.31. The van der Waals surface area contributed by atoms with Crippen molar-refractivity contribution in [3.8, 4) is 0 Å². The second kappa shape index (κ2) is 47.6. The van der Waals surface area contributed by atoms with Crippen molar-refractivity contribution >= 4 is 88.7 Å². The zero-order valence-electron chi connectivity index (χ0n) is 63.3. The number of alkyl carbamates (subject to hydrolysis) is 3. The molecule has 30 heteroatoms. The molecule has 26 nitrogen and oxygen atoms in total. The Morgan fingerprint density at radius 3 is 0.894 bits per heavy atom. The van der Waals surface area contributed by atoms with E-state index in [2.05, 4.69) is 50.8 Å². The fraction of sp³-hybridized carbons (Fsp3) is 0.277. The summed E-state index contributed by atoms with van der Waals surface area (Å²) in [6.45, 7) is 6.11. The highest BCUT2D eigenvalue weighted by Crippen LogP contribution is 2.18. The standard InChI is InChI=1S/C22H23FO5.C21H23FN2O5.2C20H21FN2O5/c1-27-21(25)3-2-4-22(26)28-15-18-7-5-16(6-8-18)13-20(24)14-17-9-11-19(23)12-10-17;1-21(2,19(26)28-3)24-20(27)29-13-15-6-10-17(11-7-15)23-18(25)12-14-4-8-16(22)9-5-14;2*1-13(19(25)27-2)22-20(26)28-12-15-5-9-17(10-6-15)23-18(24)11-14-3-7-16(21)8-4-14/h5-12H,2-4,13-15H2,1H3;4-11H,12-13H2,1-3H3,(H,23,25)(H,24,27);2*3-10,13H,11-12H2,1-2H3,(H,22,26)(H,23,24)/t;;2*13-/m..10/s1. The number of rotatable bonds is 31. The van der Waals surface area contributed by atoms with E-state index in [1.54, 1.807) is 121 Å². The van der Waals surface area contributed by atoms with E-state index in [0.29, 0.717) is 56.9 Å². The van der Waals surface area contributed by atoms with Crippen LogP contribution in [0.25, 0.3) is 0 Å². The number of esters is 5. The maximum Gasteiger partial charge on any atom is 0.408 e. The van der Waals surface area contributed by atoms with Gasteiger partial charge in [-0.2, -0.15) is 0 Å². The van der Waals surface area contributed by atoms with Gasteiger partial charge in [0.1, 0.15) is 73.1 Å². The van der Waals surface area contributed by atoms with E-state index in [4.69, 9.17) is 18.9 Å². The van der Waals surface area contributed by atoms with Gasteiger partial charge in [-0.25, -0.2) is 46.3 Å². The molecule has 0 aliphatic heterocycles. The molecular formula is C83H88F4N6O20. The van der Waals surface area contributed by atoms with Gasteiger partial charge in [-0.1, -0.05) is 109 Å². The summed E-state index contributed by atoms with van der Waals surface area (Å²) in [7, 11) is 5.00. The maximum atomic E-state index is 12.9. The molecule has 0 fully saturated rings. The first-order valence-electron chi connectivity index (χ1n) is 34.9.